The van der Waals surface area contributed by atoms with Crippen molar-refractivity contribution in [2.24, 2.45) is 11.5 Å². The molecule has 0 spiro atoms. The number of hydrogen-bond donors (Lipinski definition) is 3. The van der Waals surface area contributed by atoms with Crippen LogP contribution >= 0.6 is 0 Å². The van der Waals surface area contributed by atoms with E-state index in [1.165, 1.54) is 0 Å². The van der Waals surface area contributed by atoms with Gasteiger partial charge in [-0.25, -0.2) is 0 Å². The quantitative estimate of drug-likeness (QED) is 0.381. The van der Waals surface area contributed by atoms with Crippen LogP contribution in [0.5, 0.6) is 0 Å². The number of carboxylic acids is 1. The SMILES string of the molecule is NCCCCC(N)C(=O)O.[H-].[H-].[Mg+2]. The number of carbonyl (C=O) groups is 1. The van der Waals surface area contributed by atoms with E-state index in [0.717, 1.165) is 12.8 Å². The molecule has 5 N–H and O–H groups in total. The average molecular weight is 173 g/mol. The van der Waals surface area contributed by atoms with Crippen LogP contribution in [0.25, 0.3) is 0 Å². The summed E-state index contributed by atoms with van der Waals surface area (Å²) in [5.74, 6) is -0.933. The maximum atomic E-state index is 10.1. The molecule has 0 saturated carbocycles. The summed E-state index contributed by atoms with van der Waals surface area (Å²) in [5.41, 5.74) is 10.4. The Morgan fingerprint density at radius 1 is 1.55 bits per heavy atom. The van der Waals surface area contributed by atoms with Crippen molar-refractivity contribution in [3.63, 3.8) is 0 Å². The van der Waals surface area contributed by atoms with Crippen molar-refractivity contribution in [1.82, 2.24) is 0 Å². The van der Waals surface area contributed by atoms with Crippen LogP contribution in [0.15, 0.2) is 0 Å². The molecule has 0 saturated heterocycles. The van der Waals surface area contributed by atoms with Gasteiger partial charge in [0.25, 0.3) is 0 Å². The topological polar surface area (TPSA) is 89.3 Å². The maximum Gasteiger partial charge on any atom is 2.00 e. The van der Waals surface area contributed by atoms with Crippen molar-refractivity contribution in [2.75, 3.05) is 6.54 Å². The summed E-state index contributed by atoms with van der Waals surface area (Å²) in [6.07, 6.45) is 2.16. The Kier molecular flexibility index (Phi) is 10.3. The molecule has 0 heterocycles. The van der Waals surface area contributed by atoms with Gasteiger partial charge >= 0.3 is 29.0 Å². The van der Waals surface area contributed by atoms with Crippen molar-refractivity contribution in [1.29, 1.82) is 0 Å². The molecule has 0 aliphatic carbocycles. The third kappa shape index (κ3) is 8.06. The molecule has 1 atom stereocenters. The molecule has 1 unspecified atom stereocenters. The Labute approximate surface area is 85.4 Å². The molecule has 5 heteroatoms. The van der Waals surface area contributed by atoms with Crippen LogP contribution in [-0.4, -0.2) is 46.7 Å². The van der Waals surface area contributed by atoms with Gasteiger partial charge in [0.05, 0.1) is 0 Å². The molecule has 0 aliphatic rings. The molecule has 4 nitrogen and oxygen atoms in total. The van der Waals surface area contributed by atoms with Crippen LogP contribution in [0.1, 0.15) is 22.1 Å². The molecule has 0 rings (SSSR count). The summed E-state index contributed by atoms with van der Waals surface area (Å²) in [5, 5.41) is 8.33. The van der Waals surface area contributed by atoms with E-state index in [9.17, 15) is 4.79 Å². The van der Waals surface area contributed by atoms with Gasteiger partial charge < -0.3 is 19.4 Å². The van der Waals surface area contributed by atoms with Crippen molar-refractivity contribution in [3.8, 4) is 0 Å². The Balaban J connectivity index is -0.000000135. The minimum atomic E-state index is -0.933. The first-order valence-corrected chi connectivity index (χ1v) is 3.37. The van der Waals surface area contributed by atoms with Crippen LogP contribution in [0.2, 0.25) is 0 Å². The fraction of sp³-hybridized carbons (Fsp3) is 0.833. The van der Waals surface area contributed by atoms with E-state index < -0.39 is 12.0 Å². The monoisotopic (exact) mass is 172 g/mol. The summed E-state index contributed by atoms with van der Waals surface area (Å²) in [6, 6.07) is -0.716. The average Bonchev–Trinajstić information content (AvgIpc) is 1.88. The van der Waals surface area contributed by atoms with E-state index >= 15 is 0 Å². The zero-order valence-electron chi connectivity index (χ0n) is 8.62. The molecular formula is C6H16MgN2O2. The zero-order valence-corrected chi connectivity index (χ0v) is 8.04. The molecule has 0 fully saturated rings. The van der Waals surface area contributed by atoms with Gasteiger partial charge in [-0.1, -0.05) is 6.42 Å². The Morgan fingerprint density at radius 3 is 2.45 bits per heavy atom. The van der Waals surface area contributed by atoms with Crippen LogP contribution in [0.3, 0.4) is 0 Å². The first-order valence-electron chi connectivity index (χ1n) is 3.37. The molecule has 0 aromatic carbocycles. The van der Waals surface area contributed by atoms with Crippen molar-refractivity contribution in [3.05, 3.63) is 0 Å². The standard InChI is InChI=1S/C6H14N2O2.Mg.2H/c7-4-2-1-3-5(8)6(9)10;;;/h5H,1-4,7-8H2,(H,9,10);;;/q;+2;2*-1. The molecule has 0 bridgehead atoms. The van der Waals surface area contributed by atoms with E-state index in [0.29, 0.717) is 13.0 Å². The predicted octanol–water partition coefficient (Wildman–Crippen LogP) is -0.628. The van der Waals surface area contributed by atoms with Gasteiger partial charge in [0, 0.05) is 0 Å². The normalized spacial score (nSPS) is 11.8. The first-order chi connectivity index (χ1) is 4.68. The Bertz CT molecular complexity index is 119. The van der Waals surface area contributed by atoms with Crippen molar-refractivity contribution in [2.45, 2.75) is 25.3 Å². The first kappa shape index (κ1) is 13.7. The third-order valence-electron chi connectivity index (χ3n) is 1.29. The van der Waals surface area contributed by atoms with Crippen molar-refractivity contribution >= 4 is 29.0 Å². The van der Waals surface area contributed by atoms with Crippen molar-refractivity contribution < 1.29 is 12.8 Å². The number of carboxylic acid groups (broad SMARTS) is 1. The second-order valence-corrected chi connectivity index (χ2v) is 2.23. The van der Waals surface area contributed by atoms with E-state index in [2.05, 4.69) is 0 Å². The summed E-state index contributed by atoms with van der Waals surface area (Å²) in [4.78, 5) is 10.1. The minimum Gasteiger partial charge on any atom is -1.00 e. The van der Waals surface area contributed by atoms with E-state index in [4.69, 9.17) is 16.6 Å². The molecule has 0 aromatic rings. The predicted molar refractivity (Wildman–Crippen MR) is 46.5 cm³/mol. The smallest absolute Gasteiger partial charge is 1.00 e. The van der Waals surface area contributed by atoms with E-state index in [1.54, 1.807) is 0 Å². The fourth-order valence-electron chi connectivity index (χ4n) is 0.632. The Morgan fingerprint density at radius 2 is 2.09 bits per heavy atom. The van der Waals surface area contributed by atoms with Gasteiger partial charge in [-0.3, -0.25) is 4.79 Å². The number of hydrogen-bond acceptors (Lipinski definition) is 3. The van der Waals surface area contributed by atoms with E-state index in [-0.39, 0.29) is 25.9 Å². The summed E-state index contributed by atoms with van der Waals surface area (Å²) in [7, 11) is 0. The van der Waals surface area contributed by atoms with Gasteiger partial charge in [-0.05, 0) is 19.4 Å². The maximum absolute atomic E-state index is 10.1. The number of unbranched alkanes of at least 4 members (excludes halogenated alkanes) is 1. The minimum absolute atomic E-state index is 0. The van der Waals surface area contributed by atoms with Crippen LogP contribution in [0, 0.1) is 0 Å². The second-order valence-electron chi connectivity index (χ2n) is 2.23. The van der Waals surface area contributed by atoms with Gasteiger partial charge in [0.2, 0.25) is 0 Å². The largest absolute Gasteiger partial charge is 2.00 e. The number of nitrogens with two attached hydrogens (primary N) is 2. The molecule has 0 aromatic heterocycles. The number of rotatable bonds is 5. The summed E-state index contributed by atoms with van der Waals surface area (Å²) >= 11 is 0. The molecule has 0 amide bonds. The van der Waals surface area contributed by atoms with Crippen LogP contribution in [0.4, 0.5) is 0 Å². The zero-order chi connectivity index (χ0) is 7.98. The van der Waals surface area contributed by atoms with Gasteiger partial charge in [0.1, 0.15) is 6.04 Å². The van der Waals surface area contributed by atoms with Gasteiger partial charge in [-0.2, -0.15) is 0 Å². The number of aliphatic carboxylic acids is 1. The molecule has 0 aliphatic heterocycles. The van der Waals surface area contributed by atoms with Gasteiger partial charge in [0.15, 0.2) is 0 Å². The summed E-state index contributed by atoms with van der Waals surface area (Å²) in [6.45, 7) is 0.604. The second kappa shape index (κ2) is 8.25. The molecule has 0 radical (unpaired) electrons. The summed E-state index contributed by atoms with van der Waals surface area (Å²) < 4.78 is 0. The van der Waals surface area contributed by atoms with Crippen LogP contribution in [-0.2, 0) is 4.79 Å². The molecule has 11 heavy (non-hydrogen) atoms. The third-order valence-corrected chi connectivity index (χ3v) is 1.29. The van der Waals surface area contributed by atoms with Crippen LogP contribution < -0.4 is 11.5 Å². The van der Waals surface area contributed by atoms with Gasteiger partial charge in [-0.15, -0.1) is 0 Å². The molecule has 64 valence electrons. The Hall–Kier alpha value is 0.156. The molecular weight excluding hydrogens is 156 g/mol. The fourth-order valence-corrected chi connectivity index (χ4v) is 0.632. The van der Waals surface area contributed by atoms with E-state index in [1.807, 2.05) is 0 Å².